The van der Waals surface area contributed by atoms with Crippen LogP contribution in [0.5, 0.6) is 23.0 Å². The second-order valence-corrected chi connectivity index (χ2v) is 8.61. The van der Waals surface area contributed by atoms with Gasteiger partial charge in [-0.15, -0.1) is 0 Å². The zero-order valence-corrected chi connectivity index (χ0v) is 19.6. The van der Waals surface area contributed by atoms with E-state index in [2.05, 4.69) is 0 Å². The van der Waals surface area contributed by atoms with Gasteiger partial charge in [0.1, 0.15) is 12.2 Å². The Morgan fingerprint density at radius 1 is 0.919 bits per heavy atom. The predicted molar refractivity (Wildman–Crippen MR) is 126 cm³/mol. The molecular weight excluding hydrogens is 488 g/mol. The second-order valence-electron chi connectivity index (χ2n) is 8.61. The Hall–Kier alpha value is -4.51. The first kappa shape index (κ1) is 25.6. The number of carbonyl (C=O) groups excluding carboxylic acids is 3. The monoisotopic (exact) mass is 512 g/mol. The molecule has 1 saturated heterocycles. The number of esters is 3. The fourth-order valence-electron chi connectivity index (χ4n) is 4.14. The van der Waals surface area contributed by atoms with Crippen molar-refractivity contribution in [1.29, 1.82) is 0 Å². The highest BCUT2D eigenvalue weighted by atomic mass is 16.6. The lowest BCUT2D eigenvalue weighted by Gasteiger charge is -2.35. The standard InChI is InChI=1S/C26H24O11/c1-34-19-11-15(3-7-17(19)28)5-9-23(31)37-24-20(12-26(33)13-21(24)36-25(26)32)35-22(30)8-4-14-2-6-16(27)18(29)10-14/h2-11,20-21,24,27-29,33H,12-13H2,1H3/t20?,21?,24-,26+/m1/s1. The molecule has 11 heteroatoms. The Labute approximate surface area is 210 Å². The quantitative estimate of drug-likeness (QED) is 0.185. The van der Waals surface area contributed by atoms with E-state index in [9.17, 15) is 34.8 Å². The molecule has 0 radical (unpaired) electrons. The number of rotatable bonds is 7. The zero-order valence-electron chi connectivity index (χ0n) is 19.6. The summed E-state index contributed by atoms with van der Waals surface area (Å²) < 4.78 is 21.1. The van der Waals surface area contributed by atoms with Gasteiger partial charge < -0.3 is 39.4 Å². The van der Waals surface area contributed by atoms with Gasteiger partial charge in [-0.05, 0) is 47.5 Å². The molecule has 4 rings (SSSR count). The summed E-state index contributed by atoms with van der Waals surface area (Å²) in [6, 6.07) is 8.38. The number of hydrogen-bond acceptors (Lipinski definition) is 11. The van der Waals surface area contributed by atoms with Crippen molar-refractivity contribution in [3.8, 4) is 23.0 Å². The largest absolute Gasteiger partial charge is 0.504 e. The van der Waals surface area contributed by atoms with Gasteiger partial charge in [0.2, 0.25) is 0 Å². The van der Waals surface area contributed by atoms with E-state index in [1.165, 1.54) is 49.6 Å². The molecule has 4 atom stereocenters. The molecule has 194 valence electrons. The minimum atomic E-state index is -1.87. The maximum atomic E-state index is 12.6. The first-order valence-electron chi connectivity index (χ1n) is 11.2. The van der Waals surface area contributed by atoms with E-state index in [0.29, 0.717) is 11.1 Å². The van der Waals surface area contributed by atoms with Crippen LogP contribution in [-0.2, 0) is 28.6 Å². The molecule has 1 heterocycles. The van der Waals surface area contributed by atoms with Crippen LogP contribution in [0, 0.1) is 0 Å². The Kier molecular flexibility index (Phi) is 7.07. The van der Waals surface area contributed by atoms with Crippen LogP contribution in [0.4, 0.5) is 0 Å². The van der Waals surface area contributed by atoms with Crippen molar-refractivity contribution in [2.75, 3.05) is 7.11 Å². The Bertz CT molecular complexity index is 1280. The van der Waals surface area contributed by atoms with Crippen molar-refractivity contribution < 1.29 is 53.8 Å². The van der Waals surface area contributed by atoms with Crippen molar-refractivity contribution in [3.05, 3.63) is 59.7 Å². The van der Waals surface area contributed by atoms with Crippen LogP contribution < -0.4 is 4.74 Å². The normalized spacial score (nSPS) is 24.7. The van der Waals surface area contributed by atoms with Crippen molar-refractivity contribution in [2.24, 2.45) is 0 Å². The van der Waals surface area contributed by atoms with Crippen molar-refractivity contribution >= 4 is 30.1 Å². The van der Waals surface area contributed by atoms with E-state index in [1.807, 2.05) is 0 Å². The van der Waals surface area contributed by atoms with Crippen LogP contribution in [0.2, 0.25) is 0 Å². The minimum absolute atomic E-state index is 0.0686. The number of phenolic OH excluding ortho intramolecular Hbond substituents is 3. The summed E-state index contributed by atoms with van der Waals surface area (Å²) in [5, 5.41) is 39.2. The van der Waals surface area contributed by atoms with Gasteiger partial charge >= 0.3 is 17.9 Å². The number of ether oxygens (including phenoxy) is 4. The molecule has 37 heavy (non-hydrogen) atoms. The van der Waals surface area contributed by atoms with Gasteiger partial charge in [-0.2, -0.15) is 0 Å². The maximum Gasteiger partial charge on any atom is 0.338 e. The molecule has 1 aliphatic heterocycles. The number of fused-ring (bicyclic) bond motifs is 2. The van der Waals surface area contributed by atoms with Crippen molar-refractivity contribution in [3.63, 3.8) is 0 Å². The summed E-state index contributed by atoms with van der Waals surface area (Å²) >= 11 is 0. The summed E-state index contributed by atoms with van der Waals surface area (Å²) in [7, 11) is 1.38. The topological polar surface area (TPSA) is 169 Å². The molecule has 2 aromatic rings. The number of hydrogen-bond donors (Lipinski definition) is 4. The second kappa shape index (κ2) is 10.2. The van der Waals surface area contributed by atoms with Crippen LogP contribution >= 0.6 is 0 Å². The highest BCUT2D eigenvalue weighted by Gasteiger charge is 2.60. The van der Waals surface area contributed by atoms with E-state index < -0.39 is 41.8 Å². The maximum absolute atomic E-state index is 12.6. The van der Waals surface area contributed by atoms with Gasteiger partial charge in [-0.25, -0.2) is 14.4 Å². The summed E-state index contributed by atoms with van der Waals surface area (Å²) in [6.07, 6.45) is 1.06. The number of aromatic hydroxyl groups is 3. The molecule has 2 fully saturated rings. The molecule has 2 aromatic carbocycles. The number of aliphatic hydroxyl groups is 1. The van der Waals surface area contributed by atoms with Crippen molar-refractivity contribution in [2.45, 2.75) is 36.8 Å². The van der Waals surface area contributed by atoms with Gasteiger partial charge in [0.25, 0.3) is 0 Å². The summed E-state index contributed by atoms with van der Waals surface area (Å²) in [5.74, 6) is -3.12. The molecule has 2 bridgehead atoms. The van der Waals surface area contributed by atoms with Crippen LogP contribution in [0.1, 0.15) is 24.0 Å². The number of phenols is 3. The Balaban J connectivity index is 1.46. The van der Waals surface area contributed by atoms with Crippen LogP contribution in [0.25, 0.3) is 12.2 Å². The molecule has 2 unspecified atom stereocenters. The molecule has 4 N–H and O–H groups in total. The van der Waals surface area contributed by atoms with Gasteiger partial charge in [0.15, 0.2) is 34.7 Å². The summed E-state index contributed by atoms with van der Waals surface area (Å²) in [6.45, 7) is 0. The number of benzene rings is 2. The first-order valence-corrected chi connectivity index (χ1v) is 11.2. The average Bonchev–Trinajstić information content (AvgIpc) is 3.11. The molecule has 2 aliphatic rings. The number of carbonyl (C=O) groups is 3. The Morgan fingerprint density at radius 2 is 1.54 bits per heavy atom. The molecule has 0 aromatic heterocycles. The van der Waals surface area contributed by atoms with E-state index in [1.54, 1.807) is 6.07 Å². The summed E-state index contributed by atoms with van der Waals surface area (Å²) in [4.78, 5) is 37.2. The molecule has 0 spiro atoms. The minimum Gasteiger partial charge on any atom is -0.504 e. The predicted octanol–water partition coefficient (Wildman–Crippen LogP) is 1.81. The molecule has 11 nitrogen and oxygen atoms in total. The highest BCUT2D eigenvalue weighted by molar-refractivity contribution is 5.89. The van der Waals surface area contributed by atoms with Crippen molar-refractivity contribution in [1.82, 2.24) is 0 Å². The average molecular weight is 512 g/mol. The molecule has 1 saturated carbocycles. The lowest BCUT2D eigenvalue weighted by Crippen LogP contribution is -2.51. The third kappa shape index (κ3) is 5.67. The van der Waals surface area contributed by atoms with Crippen LogP contribution in [0.3, 0.4) is 0 Å². The van der Waals surface area contributed by atoms with Gasteiger partial charge in [0.05, 0.1) is 7.11 Å². The molecule has 1 aliphatic carbocycles. The Morgan fingerprint density at radius 3 is 2.19 bits per heavy atom. The smallest absolute Gasteiger partial charge is 0.338 e. The molecule has 0 amide bonds. The number of methoxy groups -OCH3 is 1. The van der Waals surface area contributed by atoms with Gasteiger partial charge in [-0.3, -0.25) is 0 Å². The summed E-state index contributed by atoms with van der Waals surface area (Å²) in [5.41, 5.74) is -0.943. The first-order chi connectivity index (χ1) is 17.6. The van der Waals surface area contributed by atoms with Crippen LogP contribution in [-0.4, -0.2) is 69.4 Å². The van der Waals surface area contributed by atoms with Gasteiger partial charge in [0, 0.05) is 25.0 Å². The van der Waals surface area contributed by atoms with Gasteiger partial charge in [-0.1, -0.05) is 12.1 Å². The lowest BCUT2D eigenvalue weighted by molar-refractivity contribution is -0.178. The lowest BCUT2D eigenvalue weighted by atomic mass is 9.82. The fraction of sp³-hybridized carbons (Fsp3) is 0.269. The third-order valence-electron chi connectivity index (χ3n) is 6.00. The van der Waals surface area contributed by atoms with E-state index >= 15 is 0 Å². The highest BCUT2D eigenvalue weighted by Crippen LogP contribution is 2.41. The fourth-order valence-corrected chi connectivity index (χ4v) is 4.14. The molecular formula is C26H24O11. The zero-order chi connectivity index (χ0) is 26.7. The van der Waals surface area contributed by atoms with E-state index in [4.69, 9.17) is 18.9 Å². The third-order valence-corrected chi connectivity index (χ3v) is 6.00. The van der Waals surface area contributed by atoms with E-state index in [0.717, 1.165) is 12.2 Å². The van der Waals surface area contributed by atoms with Crippen LogP contribution in [0.15, 0.2) is 48.6 Å². The van der Waals surface area contributed by atoms with E-state index in [-0.39, 0.29) is 35.8 Å². The SMILES string of the molecule is COc1cc(C=CC(=O)O[C@@H]2C(OC(=O)C=Cc3ccc(O)c(O)c3)C[C@]3(O)CC2OC3=O)ccc1O.